The molecule has 1 saturated heterocycles. The van der Waals surface area contributed by atoms with Crippen LogP contribution in [0.3, 0.4) is 0 Å². The monoisotopic (exact) mass is 445 g/mol. The number of aromatic nitrogens is 5. The van der Waals surface area contributed by atoms with Crippen LogP contribution >= 0.6 is 0 Å². The molecule has 1 aliphatic carbocycles. The van der Waals surface area contributed by atoms with Crippen molar-refractivity contribution < 1.29 is 14.4 Å². The standard InChI is InChI=1S/C23H23N7O3/c1-28-21(13-4-2-5-13)15(10-24-28)17-12-30(27-26-17)18-7-3-6-14-16(18)11-29(23(14)33)19-8-9-20(31)25-22(19)32/h3,6-7,10,12-13,19H,2,4-5,8-9,11H2,1H3,(H,25,31,32). The Morgan fingerprint density at radius 2 is 1.94 bits per heavy atom. The van der Waals surface area contributed by atoms with E-state index in [1.54, 1.807) is 15.6 Å². The first-order chi connectivity index (χ1) is 16.0. The smallest absolute Gasteiger partial charge is 0.255 e. The number of carbonyl (C=O) groups is 3. The first-order valence-corrected chi connectivity index (χ1v) is 11.2. The number of benzene rings is 1. The van der Waals surface area contributed by atoms with Crippen LogP contribution in [0.25, 0.3) is 16.9 Å². The lowest BCUT2D eigenvalue weighted by Gasteiger charge is -2.29. The lowest BCUT2D eigenvalue weighted by atomic mass is 9.81. The number of imide groups is 1. The molecule has 1 N–H and O–H groups in total. The number of hydrogen-bond acceptors (Lipinski definition) is 6. The van der Waals surface area contributed by atoms with Gasteiger partial charge >= 0.3 is 0 Å². The van der Waals surface area contributed by atoms with Gasteiger partial charge in [0.05, 0.1) is 23.8 Å². The van der Waals surface area contributed by atoms with Crippen LogP contribution in [0.2, 0.25) is 0 Å². The van der Waals surface area contributed by atoms with Gasteiger partial charge in [-0.25, -0.2) is 4.68 Å². The molecule has 3 aliphatic rings. The van der Waals surface area contributed by atoms with Crippen molar-refractivity contribution in [2.75, 3.05) is 0 Å². The lowest BCUT2D eigenvalue weighted by molar-refractivity contribution is -0.136. The van der Waals surface area contributed by atoms with Gasteiger partial charge in [-0.1, -0.05) is 17.7 Å². The lowest BCUT2D eigenvalue weighted by Crippen LogP contribution is -2.52. The number of fused-ring (bicyclic) bond motifs is 1. The molecular formula is C23H23N7O3. The summed E-state index contributed by atoms with van der Waals surface area (Å²) in [6.45, 7) is 0.284. The van der Waals surface area contributed by atoms with Gasteiger partial charge in [0.15, 0.2) is 0 Å². The fourth-order valence-corrected chi connectivity index (χ4v) is 5.10. The highest BCUT2D eigenvalue weighted by atomic mass is 16.2. The molecule has 6 rings (SSSR count). The summed E-state index contributed by atoms with van der Waals surface area (Å²) in [5.41, 5.74) is 5.02. The Bertz CT molecular complexity index is 1300. The van der Waals surface area contributed by atoms with Gasteiger partial charge in [-0.3, -0.25) is 24.4 Å². The molecule has 3 aromatic rings. The van der Waals surface area contributed by atoms with Crippen molar-refractivity contribution in [3.63, 3.8) is 0 Å². The molecule has 0 bridgehead atoms. The third-order valence-corrected chi connectivity index (χ3v) is 7.05. The Labute approximate surface area is 189 Å². The van der Waals surface area contributed by atoms with Gasteiger partial charge < -0.3 is 4.90 Å². The van der Waals surface area contributed by atoms with Crippen molar-refractivity contribution in [2.45, 2.75) is 50.6 Å². The number of amides is 3. The minimum Gasteiger partial charge on any atom is -0.322 e. The molecule has 1 unspecified atom stereocenters. The number of piperidine rings is 1. The number of carbonyl (C=O) groups excluding carboxylic acids is 3. The van der Waals surface area contributed by atoms with Gasteiger partial charge in [0, 0.05) is 42.6 Å². The first kappa shape index (κ1) is 19.8. The second-order valence-electron chi connectivity index (χ2n) is 8.95. The van der Waals surface area contributed by atoms with E-state index in [4.69, 9.17) is 0 Å². The highest BCUT2D eigenvalue weighted by Gasteiger charge is 2.40. The zero-order valence-electron chi connectivity index (χ0n) is 18.2. The molecular weight excluding hydrogens is 422 g/mol. The van der Waals surface area contributed by atoms with Crippen molar-refractivity contribution in [1.82, 2.24) is 35.0 Å². The van der Waals surface area contributed by atoms with E-state index in [9.17, 15) is 14.4 Å². The maximum absolute atomic E-state index is 13.1. The topological polar surface area (TPSA) is 115 Å². The summed E-state index contributed by atoms with van der Waals surface area (Å²) in [6.07, 6.45) is 7.81. The number of nitrogens with zero attached hydrogens (tertiary/aromatic N) is 6. The van der Waals surface area contributed by atoms with Crippen molar-refractivity contribution in [3.05, 3.63) is 47.4 Å². The highest BCUT2D eigenvalue weighted by molar-refractivity contribution is 6.05. The van der Waals surface area contributed by atoms with Crippen LogP contribution in [0.15, 0.2) is 30.6 Å². The molecule has 2 fully saturated rings. The van der Waals surface area contributed by atoms with Crippen LogP contribution in [-0.2, 0) is 23.2 Å². The summed E-state index contributed by atoms with van der Waals surface area (Å²) in [5, 5.41) is 15.6. The quantitative estimate of drug-likeness (QED) is 0.611. The molecule has 1 aromatic carbocycles. The summed E-state index contributed by atoms with van der Waals surface area (Å²) < 4.78 is 3.61. The predicted molar refractivity (Wildman–Crippen MR) is 116 cm³/mol. The largest absolute Gasteiger partial charge is 0.322 e. The molecule has 2 aromatic heterocycles. The van der Waals surface area contributed by atoms with E-state index in [1.807, 2.05) is 36.3 Å². The number of aryl methyl sites for hydroxylation is 1. The van der Waals surface area contributed by atoms with Crippen LogP contribution in [-0.4, -0.2) is 53.4 Å². The summed E-state index contributed by atoms with van der Waals surface area (Å²) in [6, 6.07) is 4.82. The van der Waals surface area contributed by atoms with Gasteiger partial charge in [-0.2, -0.15) is 5.10 Å². The Balaban J connectivity index is 1.33. The molecule has 10 heteroatoms. The molecule has 0 spiro atoms. The van der Waals surface area contributed by atoms with E-state index in [-0.39, 0.29) is 24.8 Å². The van der Waals surface area contributed by atoms with Crippen molar-refractivity contribution in [1.29, 1.82) is 0 Å². The van der Waals surface area contributed by atoms with Crippen molar-refractivity contribution in [2.24, 2.45) is 7.05 Å². The minimum absolute atomic E-state index is 0.207. The molecule has 33 heavy (non-hydrogen) atoms. The fraction of sp³-hybridized carbons (Fsp3) is 0.391. The molecule has 10 nitrogen and oxygen atoms in total. The van der Waals surface area contributed by atoms with Crippen molar-refractivity contribution >= 4 is 17.7 Å². The Morgan fingerprint density at radius 1 is 1.09 bits per heavy atom. The fourth-order valence-electron chi connectivity index (χ4n) is 5.10. The Kier molecular flexibility index (Phi) is 4.42. The Morgan fingerprint density at radius 3 is 2.70 bits per heavy atom. The van der Waals surface area contributed by atoms with E-state index in [2.05, 4.69) is 20.7 Å². The van der Waals surface area contributed by atoms with Crippen LogP contribution in [0.1, 0.15) is 59.6 Å². The normalized spacial score (nSPS) is 20.7. The summed E-state index contributed by atoms with van der Waals surface area (Å²) in [4.78, 5) is 38.5. The Hall–Kier alpha value is -3.82. The van der Waals surface area contributed by atoms with Gasteiger partial charge in [0.1, 0.15) is 11.7 Å². The second-order valence-corrected chi connectivity index (χ2v) is 8.95. The first-order valence-electron chi connectivity index (χ1n) is 11.2. The van der Waals surface area contributed by atoms with E-state index in [0.717, 1.165) is 35.3 Å². The van der Waals surface area contributed by atoms with Gasteiger partial charge in [-0.15, -0.1) is 5.10 Å². The van der Waals surface area contributed by atoms with Crippen LogP contribution < -0.4 is 5.32 Å². The average Bonchev–Trinajstić information content (AvgIpc) is 3.46. The summed E-state index contributed by atoms with van der Waals surface area (Å²) in [7, 11) is 1.96. The maximum atomic E-state index is 13.1. The van der Waals surface area contributed by atoms with E-state index in [1.165, 1.54) is 12.1 Å². The van der Waals surface area contributed by atoms with E-state index >= 15 is 0 Å². The van der Waals surface area contributed by atoms with Gasteiger partial charge in [0.25, 0.3) is 5.91 Å². The van der Waals surface area contributed by atoms with Crippen LogP contribution in [0, 0.1) is 0 Å². The summed E-state index contributed by atoms with van der Waals surface area (Å²) >= 11 is 0. The molecule has 2 aliphatic heterocycles. The van der Waals surface area contributed by atoms with Gasteiger partial charge in [-0.05, 0) is 31.4 Å². The molecule has 0 radical (unpaired) electrons. The molecule has 4 heterocycles. The van der Waals surface area contributed by atoms with Crippen LogP contribution in [0.4, 0.5) is 0 Å². The number of rotatable bonds is 4. The number of hydrogen-bond donors (Lipinski definition) is 1. The third kappa shape index (κ3) is 3.08. The second kappa shape index (κ2) is 7.36. The minimum atomic E-state index is -0.651. The zero-order valence-corrected chi connectivity index (χ0v) is 18.2. The van der Waals surface area contributed by atoms with Crippen molar-refractivity contribution in [3.8, 4) is 16.9 Å². The molecule has 1 atom stereocenters. The SMILES string of the molecule is Cn1ncc(-c2cn(-c3cccc4c3CN(C3CCC(=O)NC3=O)C4=O)nn2)c1C1CCC1. The zero-order chi connectivity index (χ0) is 22.7. The van der Waals surface area contributed by atoms with E-state index in [0.29, 0.717) is 17.9 Å². The van der Waals surface area contributed by atoms with E-state index < -0.39 is 11.9 Å². The number of nitrogens with one attached hydrogen (secondary N) is 1. The average molecular weight is 445 g/mol. The molecule has 3 amide bonds. The highest BCUT2D eigenvalue weighted by Crippen LogP contribution is 2.40. The predicted octanol–water partition coefficient (Wildman–Crippen LogP) is 1.70. The summed E-state index contributed by atoms with van der Waals surface area (Å²) in [5.74, 6) is -0.426. The third-order valence-electron chi connectivity index (χ3n) is 7.05. The maximum Gasteiger partial charge on any atom is 0.255 e. The van der Waals surface area contributed by atoms with Crippen LogP contribution in [0.5, 0.6) is 0 Å². The van der Waals surface area contributed by atoms with Gasteiger partial charge in [0.2, 0.25) is 11.8 Å². The molecule has 168 valence electrons. The molecule has 1 saturated carbocycles.